The average molecular weight is 603 g/mol. The number of hydrogen-bond acceptors (Lipinski definition) is 5. The number of benzene rings is 3. The molecule has 0 radical (unpaired) electrons. The Morgan fingerprint density at radius 3 is 2.39 bits per heavy atom. The summed E-state index contributed by atoms with van der Waals surface area (Å²) in [6.07, 6.45) is 1.06. The van der Waals surface area contributed by atoms with Crippen LogP contribution in [-0.2, 0) is 10.5 Å². The predicted octanol–water partition coefficient (Wildman–Crippen LogP) is 9.15. The van der Waals surface area contributed by atoms with Gasteiger partial charge in [-0.1, -0.05) is 60.8 Å². The Labute approximate surface area is 256 Å². The minimum Gasteiger partial charge on any atom is -0.384 e. The summed E-state index contributed by atoms with van der Waals surface area (Å²) >= 11 is 14.2. The van der Waals surface area contributed by atoms with Crippen LogP contribution in [0.4, 0.5) is 5.69 Å². The van der Waals surface area contributed by atoms with Gasteiger partial charge in [-0.3, -0.25) is 9.69 Å². The van der Waals surface area contributed by atoms with E-state index in [2.05, 4.69) is 45.9 Å². The first-order valence-electron chi connectivity index (χ1n) is 13.6. The van der Waals surface area contributed by atoms with Crippen LogP contribution < -0.4 is 10.6 Å². The lowest BCUT2D eigenvalue weighted by Crippen LogP contribution is -2.42. The van der Waals surface area contributed by atoms with Crippen LogP contribution in [-0.4, -0.2) is 5.78 Å². The Bertz CT molecular complexity index is 1660. The van der Waals surface area contributed by atoms with E-state index in [0.29, 0.717) is 39.9 Å². The normalized spacial score (nSPS) is 18.4. The monoisotopic (exact) mass is 601 g/mol. The first-order valence-corrected chi connectivity index (χ1v) is 15.3. The van der Waals surface area contributed by atoms with Crippen LogP contribution in [0.2, 0.25) is 10.0 Å². The standard InChI is InChI=1S/C34H33Cl2N3OS/c1-19-12-22(18-41-25-10-8-23(35)9-11-25)21(3)26(13-19)31-27(17-37)33(38)39(28-14-24(36)7-6-20(28)2)29-15-34(4,5)16-30(40)32(29)31/h6-14,31H,15-16,18,38H2,1-5H3. The van der Waals surface area contributed by atoms with Crippen molar-refractivity contribution in [2.45, 2.75) is 64.0 Å². The highest BCUT2D eigenvalue weighted by Crippen LogP contribution is 2.51. The van der Waals surface area contributed by atoms with Crippen LogP contribution in [0.1, 0.15) is 60.4 Å². The molecule has 1 aliphatic carbocycles. The van der Waals surface area contributed by atoms with E-state index in [9.17, 15) is 10.1 Å². The fraction of sp³-hybridized carbons (Fsp3) is 0.294. The van der Waals surface area contributed by atoms with E-state index in [4.69, 9.17) is 28.9 Å². The van der Waals surface area contributed by atoms with Gasteiger partial charge in [-0.15, -0.1) is 11.8 Å². The topological polar surface area (TPSA) is 70.1 Å². The summed E-state index contributed by atoms with van der Waals surface area (Å²) in [4.78, 5) is 17.1. The lowest BCUT2D eigenvalue weighted by atomic mass is 9.68. The van der Waals surface area contributed by atoms with Crippen LogP contribution in [0.25, 0.3) is 0 Å². The van der Waals surface area contributed by atoms with E-state index in [1.165, 1.54) is 0 Å². The number of nitrogens with two attached hydrogens (primary N) is 1. The molecule has 0 saturated carbocycles. The molecule has 2 aliphatic rings. The molecule has 0 spiro atoms. The molecule has 0 saturated heterocycles. The van der Waals surface area contributed by atoms with Crippen LogP contribution >= 0.6 is 35.0 Å². The summed E-state index contributed by atoms with van der Waals surface area (Å²) in [5, 5.41) is 11.9. The van der Waals surface area contributed by atoms with E-state index in [1.807, 2.05) is 54.3 Å². The lowest BCUT2D eigenvalue weighted by molar-refractivity contribution is -0.118. The third-order valence-electron chi connectivity index (χ3n) is 8.01. The third kappa shape index (κ3) is 5.66. The van der Waals surface area contributed by atoms with E-state index >= 15 is 0 Å². The van der Waals surface area contributed by atoms with Crippen molar-refractivity contribution in [1.29, 1.82) is 5.26 Å². The number of ketones is 1. The van der Waals surface area contributed by atoms with Gasteiger partial charge in [0.1, 0.15) is 5.82 Å². The third-order valence-corrected chi connectivity index (χ3v) is 9.56. The van der Waals surface area contributed by atoms with Crippen molar-refractivity contribution in [1.82, 2.24) is 0 Å². The molecular formula is C34H33Cl2N3OS. The fourth-order valence-corrected chi connectivity index (χ4v) is 7.27. The van der Waals surface area contributed by atoms with Crippen molar-refractivity contribution < 1.29 is 4.79 Å². The minimum absolute atomic E-state index is 0.0594. The number of carbonyl (C=O) groups is 1. The molecule has 3 aromatic rings. The number of hydrogen-bond donors (Lipinski definition) is 1. The number of allylic oxidation sites excluding steroid dienone is 3. The zero-order valence-corrected chi connectivity index (χ0v) is 26.3. The summed E-state index contributed by atoms with van der Waals surface area (Å²) in [6, 6.07) is 20.2. The molecule has 210 valence electrons. The Morgan fingerprint density at radius 2 is 1.71 bits per heavy atom. The SMILES string of the molecule is Cc1cc(CSc2ccc(Cl)cc2)c(C)c(C2C(C#N)=C(N)N(c3cc(Cl)ccc3C)C3=C2C(=O)CC(C)(C)C3)c1. The second kappa shape index (κ2) is 11.2. The molecule has 0 aromatic heterocycles. The van der Waals surface area contributed by atoms with Gasteiger partial charge in [0.05, 0.1) is 23.2 Å². The first-order chi connectivity index (χ1) is 19.4. The van der Waals surface area contributed by atoms with Gasteiger partial charge in [-0.2, -0.15) is 5.26 Å². The van der Waals surface area contributed by atoms with Gasteiger partial charge in [-0.25, -0.2) is 0 Å². The highest BCUT2D eigenvalue weighted by atomic mass is 35.5. The molecule has 4 nitrogen and oxygen atoms in total. The van der Waals surface area contributed by atoms with E-state index in [1.54, 1.807) is 11.8 Å². The molecule has 5 rings (SSSR count). The van der Waals surface area contributed by atoms with Crippen LogP contribution in [0.5, 0.6) is 0 Å². The molecule has 7 heteroatoms. The van der Waals surface area contributed by atoms with Gasteiger partial charge < -0.3 is 5.73 Å². The van der Waals surface area contributed by atoms with Gasteiger partial charge in [-0.05, 0) is 91.3 Å². The summed E-state index contributed by atoms with van der Waals surface area (Å²) < 4.78 is 0. The molecule has 3 aromatic carbocycles. The molecule has 1 aliphatic heterocycles. The van der Waals surface area contributed by atoms with Crippen molar-refractivity contribution >= 4 is 46.4 Å². The van der Waals surface area contributed by atoms with Crippen molar-refractivity contribution in [3.63, 3.8) is 0 Å². The van der Waals surface area contributed by atoms with Gasteiger partial charge in [0.15, 0.2) is 5.78 Å². The van der Waals surface area contributed by atoms with Gasteiger partial charge in [0.2, 0.25) is 0 Å². The number of rotatable bonds is 5. The number of carbonyl (C=O) groups excluding carboxylic acids is 1. The molecule has 2 N–H and O–H groups in total. The molecule has 1 atom stereocenters. The molecule has 41 heavy (non-hydrogen) atoms. The predicted molar refractivity (Wildman–Crippen MR) is 170 cm³/mol. The van der Waals surface area contributed by atoms with Crippen molar-refractivity contribution in [3.8, 4) is 6.07 Å². The summed E-state index contributed by atoms with van der Waals surface area (Å²) in [7, 11) is 0. The Kier molecular flexibility index (Phi) is 8.05. The quantitative estimate of drug-likeness (QED) is 0.295. The molecule has 0 amide bonds. The largest absolute Gasteiger partial charge is 0.384 e. The zero-order valence-electron chi connectivity index (χ0n) is 23.9. The molecule has 1 unspecified atom stereocenters. The maximum Gasteiger partial charge on any atom is 0.162 e. The van der Waals surface area contributed by atoms with Crippen molar-refractivity contribution in [2.75, 3.05) is 4.90 Å². The van der Waals surface area contributed by atoms with Crippen molar-refractivity contribution in [2.24, 2.45) is 11.1 Å². The van der Waals surface area contributed by atoms with E-state index in [-0.39, 0.29) is 11.2 Å². The Balaban J connectivity index is 1.69. The summed E-state index contributed by atoms with van der Waals surface area (Å²) in [5.74, 6) is 0.624. The van der Waals surface area contributed by atoms with Gasteiger partial charge in [0, 0.05) is 38.4 Å². The maximum atomic E-state index is 14.0. The zero-order chi connectivity index (χ0) is 29.6. The molecule has 0 bridgehead atoms. The molecular weight excluding hydrogens is 569 g/mol. The van der Waals surface area contributed by atoms with Gasteiger partial charge >= 0.3 is 0 Å². The van der Waals surface area contributed by atoms with E-state index in [0.717, 1.165) is 49.9 Å². The van der Waals surface area contributed by atoms with Crippen molar-refractivity contribution in [3.05, 3.63) is 115 Å². The molecule has 0 fully saturated rings. The Morgan fingerprint density at radius 1 is 1.02 bits per heavy atom. The van der Waals surface area contributed by atoms with E-state index < -0.39 is 5.92 Å². The highest BCUT2D eigenvalue weighted by Gasteiger charge is 2.45. The number of nitriles is 1. The maximum absolute atomic E-state index is 14.0. The number of aryl methyl sites for hydroxylation is 2. The minimum atomic E-state index is -0.534. The second-order valence-electron chi connectivity index (χ2n) is 11.8. The fourth-order valence-electron chi connectivity index (χ4n) is 6.02. The van der Waals surface area contributed by atoms with Crippen LogP contribution in [0, 0.1) is 37.5 Å². The van der Waals surface area contributed by atoms with Crippen LogP contribution in [0.3, 0.4) is 0 Å². The number of thioether (sulfide) groups is 1. The number of halogens is 2. The smallest absolute Gasteiger partial charge is 0.162 e. The number of nitrogens with zero attached hydrogens (tertiary/aromatic N) is 2. The highest BCUT2D eigenvalue weighted by molar-refractivity contribution is 7.98. The summed E-state index contributed by atoms with van der Waals surface area (Å²) in [5.41, 5.74) is 14.6. The molecule has 1 heterocycles. The van der Waals surface area contributed by atoms with Gasteiger partial charge in [0.25, 0.3) is 0 Å². The van der Waals surface area contributed by atoms with Crippen LogP contribution in [0.15, 0.2) is 82.2 Å². The lowest BCUT2D eigenvalue weighted by Gasteiger charge is -2.44. The second-order valence-corrected chi connectivity index (χ2v) is 13.7. The Hall–Kier alpha value is -3.17. The average Bonchev–Trinajstić information content (AvgIpc) is 2.90. The first kappa shape index (κ1) is 29.3. The summed E-state index contributed by atoms with van der Waals surface area (Å²) in [6.45, 7) is 10.3. The number of Topliss-reactive ketones (excluding diaryl/α,β-unsaturated/α-hetero) is 1. The number of anilines is 1.